The Morgan fingerprint density at radius 2 is 2.26 bits per heavy atom. The first-order chi connectivity index (χ1) is 11.1. The molecule has 0 spiro atoms. The summed E-state index contributed by atoms with van der Waals surface area (Å²) in [6.07, 6.45) is 1.08. The van der Waals surface area contributed by atoms with Gasteiger partial charge in [-0.15, -0.1) is 11.3 Å². The number of amides is 2. The van der Waals surface area contributed by atoms with E-state index in [9.17, 15) is 9.18 Å². The molecule has 1 aliphatic heterocycles. The normalized spacial score (nSPS) is 14.3. The van der Waals surface area contributed by atoms with Crippen molar-refractivity contribution in [1.29, 1.82) is 0 Å². The molecule has 23 heavy (non-hydrogen) atoms. The molecule has 0 saturated carbocycles. The molecule has 6 heteroatoms. The Bertz CT molecular complexity index is 681. The number of hydrogen-bond acceptors (Lipinski definition) is 3. The van der Waals surface area contributed by atoms with E-state index in [1.165, 1.54) is 16.5 Å². The van der Waals surface area contributed by atoms with Crippen LogP contribution in [0.25, 0.3) is 0 Å². The van der Waals surface area contributed by atoms with Gasteiger partial charge in [-0.3, -0.25) is 4.90 Å². The van der Waals surface area contributed by atoms with Crippen LogP contribution in [0.1, 0.15) is 16.0 Å². The third-order valence-corrected chi connectivity index (χ3v) is 5.08. The van der Waals surface area contributed by atoms with Crippen LogP contribution in [-0.4, -0.2) is 30.6 Å². The number of rotatable bonds is 4. The molecule has 2 N–H and O–H groups in total. The zero-order valence-electron chi connectivity index (χ0n) is 13.1. The number of halogens is 1. The van der Waals surface area contributed by atoms with E-state index in [2.05, 4.69) is 27.0 Å². The SMILES string of the molecule is Cc1cccc(F)c1NC(=O)NCCN1CCc2sccc2C1. The summed E-state index contributed by atoms with van der Waals surface area (Å²) in [6, 6.07) is 6.54. The minimum Gasteiger partial charge on any atom is -0.337 e. The maximum absolute atomic E-state index is 13.7. The summed E-state index contributed by atoms with van der Waals surface area (Å²) >= 11 is 1.82. The first-order valence-corrected chi connectivity index (χ1v) is 8.59. The third kappa shape index (κ3) is 3.89. The van der Waals surface area contributed by atoms with Crippen LogP contribution in [0.5, 0.6) is 0 Å². The lowest BCUT2D eigenvalue weighted by Gasteiger charge is -2.26. The Morgan fingerprint density at radius 1 is 1.39 bits per heavy atom. The first kappa shape index (κ1) is 16.0. The maximum Gasteiger partial charge on any atom is 0.319 e. The predicted molar refractivity (Wildman–Crippen MR) is 91.5 cm³/mol. The Hall–Kier alpha value is -1.92. The monoisotopic (exact) mass is 333 g/mol. The summed E-state index contributed by atoms with van der Waals surface area (Å²) < 4.78 is 13.7. The molecule has 1 aromatic carbocycles. The molecular formula is C17H20FN3OS. The Labute approximate surface area is 139 Å². The number of fused-ring (bicyclic) bond motifs is 1. The van der Waals surface area contributed by atoms with Crippen LogP contribution in [0.3, 0.4) is 0 Å². The number of nitrogens with one attached hydrogen (secondary N) is 2. The molecule has 2 aromatic rings. The number of carbonyl (C=O) groups is 1. The molecule has 0 aliphatic carbocycles. The molecular weight excluding hydrogens is 313 g/mol. The number of benzene rings is 1. The second-order valence-corrected chi connectivity index (χ2v) is 6.71. The third-order valence-electron chi connectivity index (χ3n) is 4.06. The zero-order valence-corrected chi connectivity index (χ0v) is 13.9. The second kappa shape index (κ2) is 7.10. The highest BCUT2D eigenvalue weighted by molar-refractivity contribution is 7.10. The van der Waals surface area contributed by atoms with Gasteiger partial charge in [0.25, 0.3) is 0 Å². The highest BCUT2D eigenvalue weighted by Crippen LogP contribution is 2.23. The summed E-state index contributed by atoms with van der Waals surface area (Å²) in [4.78, 5) is 15.7. The van der Waals surface area contributed by atoms with Crippen molar-refractivity contribution in [3.63, 3.8) is 0 Å². The fraction of sp³-hybridized carbons (Fsp3) is 0.353. The quantitative estimate of drug-likeness (QED) is 0.901. The molecule has 4 nitrogen and oxygen atoms in total. The van der Waals surface area contributed by atoms with Gasteiger partial charge in [0.1, 0.15) is 5.82 Å². The van der Waals surface area contributed by atoms with Crippen LogP contribution in [0.4, 0.5) is 14.9 Å². The molecule has 1 aromatic heterocycles. The van der Waals surface area contributed by atoms with E-state index in [0.29, 0.717) is 12.1 Å². The van der Waals surface area contributed by atoms with E-state index in [4.69, 9.17) is 0 Å². The van der Waals surface area contributed by atoms with Crippen LogP contribution < -0.4 is 10.6 Å². The molecule has 0 bridgehead atoms. The highest BCUT2D eigenvalue weighted by atomic mass is 32.1. The zero-order chi connectivity index (χ0) is 16.2. The molecule has 0 fully saturated rings. The molecule has 1 aliphatic rings. The molecule has 2 amide bonds. The van der Waals surface area contributed by atoms with Crippen molar-refractivity contribution in [1.82, 2.24) is 10.2 Å². The van der Waals surface area contributed by atoms with Crippen LogP contribution in [-0.2, 0) is 13.0 Å². The standard InChI is InChI=1S/C17H20FN3OS/c1-12-3-2-4-14(18)16(12)20-17(22)19-7-9-21-8-5-15-13(11-21)6-10-23-15/h2-4,6,10H,5,7-9,11H2,1H3,(H2,19,20,22). The summed E-state index contributed by atoms with van der Waals surface area (Å²) in [5, 5.41) is 7.52. The number of anilines is 1. The number of urea groups is 1. The first-order valence-electron chi connectivity index (χ1n) is 7.71. The number of hydrogen-bond donors (Lipinski definition) is 2. The molecule has 122 valence electrons. The van der Waals surface area contributed by atoms with E-state index < -0.39 is 5.82 Å². The van der Waals surface area contributed by atoms with Gasteiger partial charge in [0, 0.05) is 31.1 Å². The lowest BCUT2D eigenvalue weighted by Crippen LogP contribution is -2.39. The fourth-order valence-electron chi connectivity index (χ4n) is 2.77. The average Bonchev–Trinajstić information content (AvgIpc) is 2.99. The van der Waals surface area contributed by atoms with Crippen molar-refractivity contribution in [3.05, 3.63) is 51.5 Å². The van der Waals surface area contributed by atoms with Gasteiger partial charge in [-0.05, 0) is 42.0 Å². The Kier molecular flexibility index (Phi) is 4.93. The van der Waals surface area contributed by atoms with Crippen molar-refractivity contribution >= 4 is 23.1 Å². The van der Waals surface area contributed by atoms with E-state index in [-0.39, 0.29) is 11.7 Å². The number of nitrogens with zero attached hydrogens (tertiary/aromatic N) is 1. The van der Waals surface area contributed by atoms with Gasteiger partial charge >= 0.3 is 6.03 Å². The van der Waals surface area contributed by atoms with Crippen LogP contribution >= 0.6 is 11.3 Å². The average molecular weight is 333 g/mol. The summed E-state index contributed by atoms with van der Waals surface area (Å²) in [6.45, 7) is 5.06. The number of thiophene rings is 1. The predicted octanol–water partition coefficient (Wildman–Crippen LogP) is 3.38. The molecule has 0 radical (unpaired) electrons. The highest BCUT2D eigenvalue weighted by Gasteiger charge is 2.17. The van der Waals surface area contributed by atoms with E-state index in [0.717, 1.165) is 26.1 Å². The maximum atomic E-state index is 13.7. The van der Waals surface area contributed by atoms with E-state index in [1.807, 2.05) is 11.3 Å². The van der Waals surface area contributed by atoms with Gasteiger partial charge < -0.3 is 10.6 Å². The van der Waals surface area contributed by atoms with Gasteiger partial charge in [0.2, 0.25) is 0 Å². The van der Waals surface area contributed by atoms with Crippen molar-refractivity contribution in [2.75, 3.05) is 25.0 Å². The van der Waals surface area contributed by atoms with Crippen LogP contribution in [0.15, 0.2) is 29.6 Å². The summed E-state index contributed by atoms with van der Waals surface area (Å²) in [5.41, 5.74) is 2.35. The Balaban J connectivity index is 1.45. The van der Waals surface area contributed by atoms with Crippen LogP contribution in [0, 0.1) is 12.7 Å². The summed E-state index contributed by atoms with van der Waals surface area (Å²) in [5.74, 6) is -0.416. The second-order valence-electron chi connectivity index (χ2n) is 5.71. The molecule has 0 saturated heterocycles. The van der Waals surface area contributed by atoms with Gasteiger partial charge in [0.15, 0.2) is 0 Å². The van der Waals surface area contributed by atoms with Crippen molar-refractivity contribution in [2.24, 2.45) is 0 Å². The van der Waals surface area contributed by atoms with E-state index >= 15 is 0 Å². The fourth-order valence-corrected chi connectivity index (χ4v) is 3.66. The van der Waals surface area contributed by atoms with Gasteiger partial charge in [-0.1, -0.05) is 12.1 Å². The number of carbonyl (C=O) groups excluding carboxylic acids is 1. The largest absolute Gasteiger partial charge is 0.337 e. The molecule has 0 unspecified atom stereocenters. The van der Waals surface area contributed by atoms with Crippen molar-refractivity contribution in [3.8, 4) is 0 Å². The van der Waals surface area contributed by atoms with E-state index in [1.54, 1.807) is 19.1 Å². The minimum atomic E-state index is -0.416. The molecule has 0 atom stereocenters. The van der Waals surface area contributed by atoms with Gasteiger partial charge in [-0.25, -0.2) is 9.18 Å². The van der Waals surface area contributed by atoms with Gasteiger partial charge in [0.05, 0.1) is 5.69 Å². The van der Waals surface area contributed by atoms with Crippen molar-refractivity contribution in [2.45, 2.75) is 19.9 Å². The smallest absolute Gasteiger partial charge is 0.319 e. The van der Waals surface area contributed by atoms with Crippen LogP contribution in [0.2, 0.25) is 0 Å². The lowest BCUT2D eigenvalue weighted by atomic mass is 10.1. The number of para-hydroxylation sites is 1. The molecule has 2 heterocycles. The Morgan fingerprint density at radius 3 is 3.09 bits per heavy atom. The number of aryl methyl sites for hydroxylation is 1. The summed E-state index contributed by atoms with van der Waals surface area (Å²) in [7, 11) is 0. The van der Waals surface area contributed by atoms with Crippen molar-refractivity contribution < 1.29 is 9.18 Å². The van der Waals surface area contributed by atoms with Gasteiger partial charge in [-0.2, -0.15) is 0 Å². The molecule has 3 rings (SSSR count). The lowest BCUT2D eigenvalue weighted by molar-refractivity contribution is 0.239. The topological polar surface area (TPSA) is 44.4 Å². The minimum absolute atomic E-state index is 0.242.